The third-order valence-corrected chi connectivity index (χ3v) is 1.81. The standard InChI is InChI=1S/C9H12BFO4/c1-14-4-5-15-7-2-3-8(10(12)13)9(11)6-7/h2-3,6,12-13H,4-5H2,1H3. The quantitative estimate of drug-likeness (QED) is 0.513. The SMILES string of the molecule is COCCOc1ccc(B(O)O)c(F)c1. The van der Waals surface area contributed by atoms with Crippen LogP contribution in [0.3, 0.4) is 0 Å². The molecule has 1 aromatic rings. The molecule has 0 aliphatic heterocycles. The van der Waals surface area contributed by atoms with Gasteiger partial charge in [-0.05, 0) is 6.07 Å². The fraction of sp³-hybridized carbons (Fsp3) is 0.333. The number of halogens is 1. The van der Waals surface area contributed by atoms with Crippen molar-refractivity contribution in [3.63, 3.8) is 0 Å². The Bertz CT molecular complexity index is 319. The first-order valence-electron chi connectivity index (χ1n) is 4.42. The van der Waals surface area contributed by atoms with Crippen LogP contribution in [0.1, 0.15) is 0 Å². The lowest BCUT2D eigenvalue weighted by Crippen LogP contribution is -2.32. The van der Waals surface area contributed by atoms with Crippen molar-refractivity contribution in [2.24, 2.45) is 0 Å². The van der Waals surface area contributed by atoms with Gasteiger partial charge in [-0.3, -0.25) is 0 Å². The van der Waals surface area contributed by atoms with Crippen molar-refractivity contribution in [3.8, 4) is 5.75 Å². The van der Waals surface area contributed by atoms with Crippen LogP contribution >= 0.6 is 0 Å². The van der Waals surface area contributed by atoms with Gasteiger partial charge in [0.05, 0.1) is 6.61 Å². The van der Waals surface area contributed by atoms with E-state index in [2.05, 4.69) is 0 Å². The second-order valence-corrected chi connectivity index (χ2v) is 2.90. The zero-order chi connectivity index (χ0) is 11.3. The van der Waals surface area contributed by atoms with E-state index in [0.29, 0.717) is 19.0 Å². The summed E-state index contributed by atoms with van der Waals surface area (Å²) in [5.74, 6) is -0.381. The summed E-state index contributed by atoms with van der Waals surface area (Å²) < 4.78 is 23.1. The molecule has 0 radical (unpaired) electrons. The maximum atomic E-state index is 13.2. The maximum Gasteiger partial charge on any atom is 0.491 e. The van der Waals surface area contributed by atoms with Crippen LogP contribution in [0.25, 0.3) is 0 Å². The van der Waals surface area contributed by atoms with Crippen LogP contribution in [0, 0.1) is 5.82 Å². The second-order valence-electron chi connectivity index (χ2n) is 2.90. The van der Waals surface area contributed by atoms with Gasteiger partial charge in [0.1, 0.15) is 18.2 Å². The van der Waals surface area contributed by atoms with Gasteiger partial charge in [0.25, 0.3) is 0 Å². The molecule has 0 aliphatic rings. The smallest absolute Gasteiger partial charge is 0.491 e. The van der Waals surface area contributed by atoms with Crippen molar-refractivity contribution in [1.82, 2.24) is 0 Å². The molecule has 4 nitrogen and oxygen atoms in total. The minimum absolute atomic E-state index is 0.172. The third-order valence-electron chi connectivity index (χ3n) is 1.81. The van der Waals surface area contributed by atoms with Crippen LogP contribution in [0.2, 0.25) is 0 Å². The van der Waals surface area contributed by atoms with Crippen molar-refractivity contribution in [1.29, 1.82) is 0 Å². The average Bonchev–Trinajstić information content (AvgIpc) is 2.17. The van der Waals surface area contributed by atoms with Gasteiger partial charge >= 0.3 is 7.12 Å². The van der Waals surface area contributed by atoms with Crippen molar-refractivity contribution in [2.75, 3.05) is 20.3 Å². The number of hydrogen-bond acceptors (Lipinski definition) is 4. The highest BCUT2D eigenvalue weighted by molar-refractivity contribution is 6.58. The minimum Gasteiger partial charge on any atom is -0.491 e. The molecule has 0 spiro atoms. The van der Waals surface area contributed by atoms with Gasteiger partial charge in [-0.25, -0.2) is 4.39 Å². The number of methoxy groups -OCH3 is 1. The van der Waals surface area contributed by atoms with Gasteiger partial charge in [-0.15, -0.1) is 0 Å². The first-order valence-corrected chi connectivity index (χ1v) is 4.42. The fourth-order valence-electron chi connectivity index (χ4n) is 1.05. The summed E-state index contributed by atoms with van der Waals surface area (Å²) in [7, 11) is -0.271. The molecule has 0 aliphatic carbocycles. The Hall–Kier alpha value is -1.11. The van der Waals surface area contributed by atoms with Gasteiger partial charge in [-0.1, -0.05) is 6.07 Å². The molecule has 15 heavy (non-hydrogen) atoms. The van der Waals surface area contributed by atoms with E-state index >= 15 is 0 Å². The first-order chi connectivity index (χ1) is 7.15. The molecular formula is C9H12BFO4. The van der Waals surface area contributed by atoms with E-state index in [1.807, 2.05) is 0 Å². The highest BCUT2D eigenvalue weighted by atomic mass is 19.1. The summed E-state index contributed by atoms with van der Waals surface area (Å²) in [6, 6.07) is 3.83. The minimum atomic E-state index is -1.81. The molecule has 0 aromatic heterocycles. The van der Waals surface area contributed by atoms with Gasteiger partial charge in [0.15, 0.2) is 0 Å². The number of hydrogen-bond donors (Lipinski definition) is 2. The molecule has 0 saturated carbocycles. The Labute approximate surface area is 87.4 Å². The molecule has 0 heterocycles. The van der Waals surface area contributed by atoms with E-state index in [0.717, 1.165) is 6.07 Å². The highest BCUT2D eigenvalue weighted by Gasteiger charge is 2.16. The maximum absolute atomic E-state index is 13.2. The Morgan fingerprint density at radius 3 is 2.60 bits per heavy atom. The van der Waals surface area contributed by atoms with E-state index in [4.69, 9.17) is 19.5 Å². The fourth-order valence-corrected chi connectivity index (χ4v) is 1.05. The molecule has 0 bridgehead atoms. The summed E-state index contributed by atoms with van der Waals surface area (Å²) in [5.41, 5.74) is -0.172. The topological polar surface area (TPSA) is 58.9 Å². The largest absolute Gasteiger partial charge is 0.491 e. The summed E-state index contributed by atoms with van der Waals surface area (Å²) in [6.45, 7) is 0.725. The number of ether oxygens (including phenoxy) is 2. The normalized spacial score (nSPS) is 10.1. The van der Waals surface area contributed by atoms with E-state index in [-0.39, 0.29) is 5.46 Å². The van der Waals surface area contributed by atoms with E-state index in [1.54, 1.807) is 0 Å². The summed E-state index contributed by atoms with van der Waals surface area (Å²) in [6.07, 6.45) is 0. The number of benzene rings is 1. The lowest BCUT2D eigenvalue weighted by molar-refractivity contribution is 0.146. The Kier molecular flexibility index (Phi) is 4.55. The Morgan fingerprint density at radius 2 is 2.07 bits per heavy atom. The summed E-state index contributed by atoms with van der Waals surface area (Å²) >= 11 is 0. The molecule has 0 saturated heterocycles. The first kappa shape index (κ1) is 12.0. The monoisotopic (exact) mass is 214 g/mol. The third kappa shape index (κ3) is 3.51. The lowest BCUT2D eigenvalue weighted by atomic mass is 9.80. The molecule has 1 rings (SSSR count). The van der Waals surface area contributed by atoms with E-state index in [9.17, 15) is 4.39 Å². The van der Waals surface area contributed by atoms with Crippen LogP contribution in [-0.2, 0) is 4.74 Å². The van der Waals surface area contributed by atoms with E-state index < -0.39 is 12.9 Å². The van der Waals surface area contributed by atoms with Crippen molar-refractivity contribution >= 4 is 12.6 Å². The highest BCUT2D eigenvalue weighted by Crippen LogP contribution is 2.10. The van der Waals surface area contributed by atoms with Gasteiger partial charge in [0, 0.05) is 18.6 Å². The van der Waals surface area contributed by atoms with Gasteiger partial charge in [0.2, 0.25) is 0 Å². The van der Waals surface area contributed by atoms with Crippen LogP contribution in [-0.4, -0.2) is 37.5 Å². The molecule has 0 amide bonds. The second kappa shape index (κ2) is 5.70. The van der Waals surface area contributed by atoms with Crippen LogP contribution in [0.4, 0.5) is 4.39 Å². The summed E-state index contributed by atoms with van der Waals surface area (Å²) in [4.78, 5) is 0. The van der Waals surface area contributed by atoms with Crippen LogP contribution in [0.5, 0.6) is 5.75 Å². The molecule has 0 atom stereocenters. The molecule has 82 valence electrons. The molecule has 2 N–H and O–H groups in total. The van der Waals surface area contributed by atoms with Crippen molar-refractivity contribution in [3.05, 3.63) is 24.0 Å². The Morgan fingerprint density at radius 1 is 1.33 bits per heavy atom. The zero-order valence-corrected chi connectivity index (χ0v) is 8.31. The molecule has 0 unspecified atom stereocenters. The Balaban J connectivity index is 2.65. The van der Waals surface area contributed by atoms with Gasteiger partial charge < -0.3 is 19.5 Å². The predicted octanol–water partition coefficient (Wildman–Crippen LogP) is -0.469. The molecule has 6 heteroatoms. The van der Waals surface area contributed by atoms with Crippen LogP contribution < -0.4 is 10.2 Å². The number of rotatable bonds is 5. The predicted molar refractivity (Wildman–Crippen MR) is 53.6 cm³/mol. The average molecular weight is 214 g/mol. The molecule has 0 fully saturated rings. The lowest BCUT2D eigenvalue weighted by Gasteiger charge is -2.07. The van der Waals surface area contributed by atoms with Crippen LogP contribution in [0.15, 0.2) is 18.2 Å². The van der Waals surface area contributed by atoms with Gasteiger partial charge in [-0.2, -0.15) is 0 Å². The zero-order valence-electron chi connectivity index (χ0n) is 8.31. The van der Waals surface area contributed by atoms with E-state index in [1.165, 1.54) is 19.2 Å². The molecular weight excluding hydrogens is 202 g/mol. The summed E-state index contributed by atoms with van der Waals surface area (Å²) in [5, 5.41) is 17.5. The van der Waals surface area contributed by atoms with Crippen molar-refractivity contribution in [2.45, 2.75) is 0 Å². The molecule has 1 aromatic carbocycles. The van der Waals surface area contributed by atoms with Crippen molar-refractivity contribution < 1.29 is 23.9 Å².